The topological polar surface area (TPSA) is 87.4 Å². The van der Waals surface area contributed by atoms with E-state index >= 15 is 0 Å². The number of nitrogens with zero attached hydrogens (tertiary/aromatic N) is 2. The SMILES string of the molecule is N#CCCOCC[N+]1(CCCS(=O)(=O)O)CCCC1. The standard InChI is InChI=1S/C12H22N2O4S/c13-5-3-10-18-11-9-14(6-1-2-7-14)8-4-12-19(15,16)17/h1-4,6-12H2/p+1. The van der Waals surface area contributed by atoms with Crippen LogP contribution >= 0.6 is 0 Å². The van der Waals surface area contributed by atoms with Crippen molar-refractivity contribution >= 4 is 10.1 Å². The lowest BCUT2D eigenvalue weighted by Crippen LogP contribution is -2.48. The molecule has 0 radical (unpaired) electrons. The molecule has 1 aliphatic rings. The summed E-state index contributed by atoms with van der Waals surface area (Å²) < 4.78 is 36.5. The Balaban J connectivity index is 2.31. The molecule has 0 aromatic carbocycles. The van der Waals surface area contributed by atoms with Crippen LogP contribution in [0.3, 0.4) is 0 Å². The lowest BCUT2D eigenvalue weighted by atomic mass is 10.3. The van der Waals surface area contributed by atoms with Gasteiger partial charge in [-0.2, -0.15) is 13.7 Å². The van der Waals surface area contributed by atoms with Gasteiger partial charge in [0.2, 0.25) is 0 Å². The largest absolute Gasteiger partial charge is 0.375 e. The fourth-order valence-corrected chi connectivity index (χ4v) is 3.12. The maximum Gasteiger partial charge on any atom is 0.265 e. The van der Waals surface area contributed by atoms with E-state index in [1.54, 1.807) is 0 Å². The van der Waals surface area contributed by atoms with Gasteiger partial charge in [0.15, 0.2) is 0 Å². The van der Waals surface area contributed by atoms with Gasteiger partial charge in [-0.15, -0.1) is 0 Å². The van der Waals surface area contributed by atoms with Crippen molar-refractivity contribution in [3.63, 3.8) is 0 Å². The molecule has 0 aliphatic carbocycles. The molecule has 1 rings (SSSR count). The van der Waals surface area contributed by atoms with Crippen LogP contribution in [0.4, 0.5) is 0 Å². The highest BCUT2D eigenvalue weighted by Gasteiger charge is 2.31. The van der Waals surface area contributed by atoms with Crippen molar-refractivity contribution in [1.82, 2.24) is 0 Å². The minimum Gasteiger partial charge on any atom is -0.375 e. The number of ether oxygens (including phenoxy) is 1. The predicted octanol–water partition coefficient (Wildman–Crippen LogP) is 0.805. The molecule has 19 heavy (non-hydrogen) atoms. The summed E-state index contributed by atoms with van der Waals surface area (Å²) in [6.45, 7) is 4.79. The van der Waals surface area contributed by atoms with Gasteiger partial charge >= 0.3 is 0 Å². The summed E-state index contributed by atoms with van der Waals surface area (Å²) in [5, 5.41) is 8.41. The molecule has 7 heteroatoms. The molecule has 0 saturated carbocycles. The van der Waals surface area contributed by atoms with Gasteiger partial charge in [-0.05, 0) is 0 Å². The first-order chi connectivity index (χ1) is 8.97. The lowest BCUT2D eigenvalue weighted by Gasteiger charge is -2.34. The van der Waals surface area contributed by atoms with Crippen molar-refractivity contribution in [1.29, 1.82) is 5.26 Å². The molecule has 0 aromatic rings. The predicted molar refractivity (Wildman–Crippen MR) is 71.0 cm³/mol. The van der Waals surface area contributed by atoms with Crippen molar-refractivity contribution in [3.05, 3.63) is 0 Å². The first kappa shape index (κ1) is 16.4. The van der Waals surface area contributed by atoms with Crippen molar-refractivity contribution in [3.8, 4) is 6.07 Å². The first-order valence-corrected chi connectivity index (χ1v) is 8.33. The van der Waals surface area contributed by atoms with Crippen LogP contribution in [0.15, 0.2) is 0 Å². The molecule has 110 valence electrons. The summed E-state index contributed by atoms with van der Waals surface area (Å²) in [4.78, 5) is 0. The van der Waals surface area contributed by atoms with Gasteiger partial charge in [-0.1, -0.05) is 0 Å². The maximum atomic E-state index is 10.7. The van der Waals surface area contributed by atoms with Crippen molar-refractivity contribution in [2.24, 2.45) is 0 Å². The third-order valence-electron chi connectivity index (χ3n) is 3.62. The van der Waals surface area contributed by atoms with Crippen LogP contribution in [-0.2, 0) is 14.9 Å². The van der Waals surface area contributed by atoms with Crippen LogP contribution < -0.4 is 0 Å². The Hall–Kier alpha value is -0.680. The molecule has 0 amide bonds. The zero-order chi connectivity index (χ0) is 14.2. The minimum atomic E-state index is -3.85. The Morgan fingerprint density at radius 1 is 1.21 bits per heavy atom. The maximum absolute atomic E-state index is 10.7. The van der Waals surface area contributed by atoms with Gasteiger partial charge in [-0.25, -0.2) is 0 Å². The molecule has 0 bridgehead atoms. The van der Waals surface area contributed by atoms with Gasteiger partial charge in [0.1, 0.15) is 6.54 Å². The normalized spacial score (nSPS) is 18.3. The second-order valence-electron chi connectivity index (χ2n) is 5.10. The molecule has 0 unspecified atom stereocenters. The second-order valence-corrected chi connectivity index (χ2v) is 6.68. The summed E-state index contributed by atoms with van der Waals surface area (Å²) in [5.41, 5.74) is 0. The van der Waals surface area contributed by atoms with E-state index in [1.807, 2.05) is 6.07 Å². The van der Waals surface area contributed by atoms with Crippen molar-refractivity contribution < 1.29 is 22.2 Å². The van der Waals surface area contributed by atoms with Crippen LogP contribution in [0, 0.1) is 11.3 Å². The number of hydrogen-bond acceptors (Lipinski definition) is 4. The Morgan fingerprint density at radius 2 is 1.89 bits per heavy atom. The number of quaternary nitrogens is 1. The zero-order valence-corrected chi connectivity index (χ0v) is 12.1. The number of hydrogen-bond donors (Lipinski definition) is 1. The molecule has 1 heterocycles. The van der Waals surface area contributed by atoms with E-state index < -0.39 is 10.1 Å². The van der Waals surface area contributed by atoms with E-state index in [1.165, 1.54) is 0 Å². The highest BCUT2D eigenvalue weighted by Crippen LogP contribution is 2.20. The molecule has 1 aliphatic heterocycles. The van der Waals surface area contributed by atoms with E-state index in [9.17, 15) is 8.42 Å². The molecule has 0 aromatic heterocycles. The average Bonchev–Trinajstić information content (AvgIpc) is 2.76. The number of nitriles is 1. The smallest absolute Gasteiger partial charge is 0.265 e. The molecular weight excluding hydrogens is 268 g/mol. The number of likely N-dealkylation sites (tertiary alicyclic amines) is 1. The van der Waals surface area contributed by atoms with E-state index in [2.05, 4.69) is 0 Å². The van der Waals surface area contributed by atoms with Gasteiger partial charge in [-0.3, -0.25) is 4.55 Å². The average molecular weight is 291 g/mol. The van der Waals surface area contributed by atoms with Crippen LogP contribution in [0.25, 0.3) is 0 Å². The van der Waals surface area contributed by atoms with Crippen LogP contribution in [0.5, 0.6) is 0 Å². The highest BCUT2D eigenvalue weighted by atomic mass is 32.2. The fraction of sp³-hybridized carbons (Fsp3) is 0.917. The molecule has 1 fully saturated rings. The Bertz CT molecular complexity index is 396. The van der Waals surface area contributed by atoms with Gasteiger partial charge in [0, 0.05) is 19.3 Å². The minimum absolute atomic E-state index is 0.164. The number of rotatable bonds is 9. The molecule has 1 saturated heterocycles. The molecular formula is C12H23N2O4S+. The van der Waals surface area contributed by atoms with E-state index in [-0.39, 0.29) is 5.75 Å². The second kappa shape index (κ2) is 7.80. The van der Waals surface area contributed by atoms with Gasteiger partial charge in [0.05, 0.1) is 51.1 Å². The summed E-state index contributed by atoms with van der Waals surface area (Å²) in [7, 11) is -3.85. The van der Waals surface area contributed by atoms with Crippen molar-refractivity contribution in [2.45, 2.75) is 25.7 Å². The highest BCUT2D eigenvalue weighted by molar-refractivity contribution is 7.85. The van der Waals surface area contributed by atoms with Gasteiger partial charge in [0.25, 0.3) is 10.1 Å². The third-order valence-corrected chi connectivity index (χ3v) is 4.42. The first-order valence-electron chi connectivity index (χ1n) is 6.72. The fourth-order valence-electron chi connectivity index (χ4n) is 2.63. The summed E-state index contributed by atoms with van der Waals surface area (Å²) >= 11 is 0. The van der Waals surface area contributed by atoms with E-state index in [0.717, 1.165) is 43.5 Å². The third kappa shape index (κ3) is 6.87. The molecule has 0 atom stereocenters. The lowest BCUT2D eigenvalue weighted by molar-refractivity contribution is -0.917. The summed E-state index contributed by atoms with van der Waals surface area (Å²) in [6, 6.07) is 2.03. The summed E-state index contributed by atoms with van der Waals surface area (Å²) in [5.74, 6) is -0.164. The molecule has 6 nitrogen and oxygen atoms in total. The monoisotopic (exact) mass is 291 g/mol. The van der Waals surface area contributed by atoms with Crippen LogP contribution in [0.1, 0.15) is 25.7 Å². The molecule has 0 spiro atoms. The quantitative estimate of drug-likeness (QED) is 0.386. The van der Waals surface area contributed by atoms with E-state index in [4.69, 9.17) is 14.6 Å². The zero-order valence-electron chi connectivity index (χ0n) is 11.3. The van der Waals surface area contributed by atoms with Crippen LogP contribution in [-0.4, -0.2) is 62.6 Å². The Labute approximate surface area is 115 Å². The summed E-state index contributed by atoms with van der Waals surface area (Å²) in [6.07, 6.45) is 3.20. The van der Waals surface area contributed by atoms with Crippen LogP contribution in [0.2, 0.25) is 0 Å². The Morgan fingerprint density at radius 3 is 2.47 bits per heavy atom. The Kier molecular flexibility index (Phi) is 6.72. The van der Waals surface area contributed by atoms with Gasteiger partial charge < -0.3 is 9.22 Å². The van der Waals surface area contributed by atoms with Crippen molar-refractivity contribution in [2.75, 3.05) is 45.1 Å². The van der Waals surface area contributed by atoms with E-state index in [0.29, 0.717) is 26.1 Å². The molecule has 1 N–H and O–H groups in total.